The zero-order chi connectivity index (χ0) is 14.4. The summed E-state index contributed by atoms with van der Waals surface area (Å²) in [5.74, 6) is -0.169. The molecular formula is C16H22N2O2. The SMILES string of the molecule is C[C@H](NC(=O)c1ccccc1)C(=O)N1CCCCCC1. The van der Waals surface area contributed by atoms with Crippen LogP contribution in [0.1, 0.15) is 43.0 Å². The number of benzene rings is 1. The Balaban J connectivity index is 1.92. The van der Waals surface area contributed by atoms with Crippen molar-refractivity contribution in [2.45, 2.75) is 38.6 Å². The molecule has 1 aliphatic heterocycles. The minimum atomic E-state index is -0.471. The average Bonchev–Trinajstić information content (AvgIpc) is 2.76. The van der Waals surface area contributed by atoms with E-state index in [9.17, 15) is 9.59 Å². The second kappa shape index (κ2) is 7.08. The zero-order valence-corrected chi connectivity index (χ0v) is 12.0. The van der Waals surface area contributed by atoms with Crippen LogP contribution in [0.2, 0.25) is 0 Å². The molecule has 0 aromatic heterocycles. The van der Waals surface area contributed by atoms with Gasteiger partial charge in [-0.05, 0) is 31.9 Å². The number of rotatable bonds is 3. The largest absolute Gasteiger partial charge is 0.341 e. The van der Waals surface area contributed by atoms with E-state index in [2.05, 4.69) is 5.32 Å². The minimum absolute atomic E-state index is 0.0242. The van der Waals surface area contributed by atoms with Crippen LogP contribution in [0.4, 0.5) is 0 Å². The van der Waals surface area contributed by atoms with Crippen molar-refractivity contribution in [1.82, 2.24) is 10.2 Å². The summed E-state index contributed by atoms with van der Waals surface area (Å²) < 4.78 is 0. The number of nitrogens with zero attached hydrogens (tertiary/aromatic N) is 1. The van der Waals surface area contributed by atoms with Crippen LogP contribution in [-0.4, -0.2) is 35.8 Å². The molecule has 0 aliphatic carbocycles. The number of likely N-dealkylation sites (tertiary alicyclic amines) is 1. The maximum absolute atomic E-state index is 12.3. The monoisotopic (exact) mass is 274 g/mol. The molecule has 0 unspecified atom stereocenters. The van der Waals surface area contributed by atoms with Crippen LogP contribution in [0.25, 0.3) is 0 Å². The summed E-state index contributed by atoms with van der Waals surface area (Å²) in [6, 6.07) is 8.52. The third-order valence-electron chi connectivity index (χ3n) is 3.67. The molecule has 2 amide bonds. The van der Waals surface area contributed by atoms with E-state index < -0.39 is 6.04 Å². The summed E-state index contributed by atoms with van der Waals surface area (Å²) in [5.41, 5.74) is 0.586. The summed E-state index contributed by atoms with van der Waals surface area (Å²) in [4.78, 5) is 26.2. The Morgan fingerprint density at radius 3 is 2.25 bits per heavy atom. The topological polar surface area (TPSA) is 49.4 Å². The third kappa shape index (κ3) is 3.83. The molecule has 1 atom stereocenters. The molecule has 1 aromatic carbocycles. The Kier molecular flexibility index (Phi) is 5.16. The van der Waals surface area contributed by atoms with Gasteiger partial charge in [0.1, 0.15) is 6.04 Å². The van der Waals surface area contributed by atoms with E-state index in [0.29, 0.717) is 5.56 Å². The number of carbonyl (C=O) groups is 2. The first-order valence-electron chi connectivity index (χ1n) is 7.33. The van der Waals surface area contributed by atoms with Crippen molar-refractivity contribution < 1.29 is 9.59 Å². The Labute approximate surface area is 120 Å². The molecule has 108 valence electrons. The first-order valence-corrected chi connectivity index (χ1v) is 7.33. The Morgan fingerprint density at radius 1 is 1.05 bits per heavy atom. The predicted molar refractivity (Wildman–Crippen MR) is 78.4 cm³/mol. The lowest BCUT2D eigenvalue weighted by Crippen LogP contribution is -2.47. The maximum atomic E-state index is 12.3. The highest BCUT2D eigenvalue weighted by Gasteiger charge is 2.22. The molecular weight excluding hydrogens is 252 g/mol. The second-order valence-electron chi connectivity index (χ2n) is 5.30. The number of hydrogen-bond acceptors (Lipinski definition) is 2. The normalized spacial score (nSPS) is 17.1. The van der Waals surface area contributed by atoms with Gasteiger partial charge in [0.25, 0.3) is 5.91 Å². The molecule has 0 radical (unpaired) electrons. The minimum Gasteiger partial charge on any atom is -0.341 e. The summed E-state index contributed by atoms with van der Waals surface area (Å²) in [6.07, 6.45) is 4.50. The van der Waals surface area contributed by atoms with E-state index in [-0.39, 0.29) is 11.8 Å². The van der Waals surface area contributed by atoms with Gasteiger partial charge in [0, 0.05) is 18.7 Å². The lowest BCUT2D eigenvalue weighted by atomic mass is 10.2. The third-order valence-corrected chi connectivity index (χ3v) is 3.67. The van der Waals surface area contributed by atoms with Crippen LogP contribution in [0.15, 0.2) is 30.3 Å². The fourth-order valence-corrected chi connectivity index (χ4v) is 2.50. The second-order valence-corrected chi connectivity index (χ2v) is 5.30. The highest BCUT2D eigenvalue weighted by atomic mass is 16.2. The molecule has 1 N–H and O–H groups in total. The molecule has 0 bridgehead atoms. The van der Waals surface area contributed by atoms with Gasteiger partial charge in [-0.2, -0.15) is 0 Å². The average molecular weight is 274 g/mol. The highest BCUT2D eigenvalue weighted by Crippen LogP contribution is 2.11. The van der Waals surface area contributed by atoms with Gasteiger partial charge in [-0.1, -0.05) is 31.0 Å². The molecule has 1 saturated heterocycles. The van der Waals surface area contributed by atoms with Crippen molar-refractivity contribution in [1.29, 1.82) is 0 Å². The fourth-order valence-electron chi connectivity index (χ4n) is 2.50. The fraction of sp³-hybridized carbons (Fsp3) is 0.500. The van der Waals surface area contributed by atoms with Crippen molar-refractivity contribution in [3.8, 4) is 0 Å². The highest BCUT2D eigenvalue weighted by molar-refractivity contribution is 5.97. The molecule has 1 aromatic rings. The van der Waals surface area contributed by atoms with E-state index in [1.807, 2.05) is 23.1 Å². The smallest absolute Gasteiger partial charge is 0.251 e. The molecule has 4 heteroatoms. The van der Waals surface area contributed by atoms with Crippen molar-refractivity contribution in [2.24, 2.45) is 0 Å². The summed E-state index contributed by atoms with van der Waals surface area (Å²) in [6.45, 7) is 3.38. The number of amides is 2. The predicted octanol–water partition coefficient (Wildman–Crippen LogP) is 2.21. The van der Waals surface area contributed by atoms with Gasteiger partial charge in [0.15, 0.2) is 0 Å². The van der Waals surface area contributed by atoms with Crippen LogP contribution in [0.5, 0.6) is 0 Å². The molecule has 1 heterocycles. The van der Waals surface area contributed by atoms with Gasteiger partial charge in [-0.25, -0.2) is 0 Å². The first-order chi connectivity index (χ1) is 9.68. The van der Waals surface area contributed by atoms with Crippen LogP contribution in [0.3, 0.4) is 0 Å². The molecule has 1 fully saturated rings. The summed E-state index contributed by atoms with van der Waals surface area (Å²) in [5, 5.41) is 2.78. The van der Waals surface area contributed by atoms with E-state index in [0.717, 1.165) is 25.9 Å². The molecule has 2 rings (SSSR count). The van der Waals surface area contributed by atoms with Gasteiger partial charge in [0.05, 0.1) is 0 Å². The number of carbonyl (C=O) groups excluding carboxylic acids is 2. The quantitative estimate of drug-likeness (QED) is 0.918. The molecule has 0 spiro atoms. The Bertz CT molecular complexity index is 451. The van der Waals surface area contributed by atoms with Gasteiger partial charge < -0.3 is 10.2 Å². The summed E-state index contributed by atoms with van der Waals surface area (Å²) >= 11 is 0. The van der Waals surface area contributed by atoms with Gasteiger partial charge >= 0.3 is 0 Å². The van der Waals surface area contributed by atoms with Gasteiger partial charge in [-0.15, -0.1) is 0 Å². The van der Waals surface area contributed by atoms with Crippen molar-refractivity contribution in [3.05, 3.63) is 35.9 Å². The first kappa shape index (κ1) is 14.6. The van der Waals surface area contributed by atoms with E-state index in [4.69, 9.17) is 0 Å². The van der Waals surface area contributed by atoms with Gasteiger partial charge in [-0.3, -0.25) is 9.59 Å². The summed E-state index contributed by atoms with van der Waals surface area (Å²) in [7, 11) is 0. The number of nitrogens with one attached hydrogen (secondary N) is 1. The molecule has 1 aliphatic rings. The van der Waals surface area contributed by atoms with Crippen LogP contribution >= 0.6 is 0 Å². The van der Waals surface area contributed by atoms with Crippen molar-refractivity contribution in [2.75, 3.05) is 13.1 Å². The van der Waals surface area contributed by atoms with Crippen LogP contribution in [-0.2, 0) is 4.79 Å². The van der Waals surface area contributed by atoms with Gasteiger partial charge in [0.2, 0.25) is 5.91 Å². The molecule has 0 saturated carbocycles. The van der Waals surface area contributed by atoms with E-state index in [1.165, 1.54) is 12.8 Å². The Hall–Kier alpha value is -1.84. The van der Waals surface area contributed by atoms with Crippen LogP contribution in [0, 0.1) is 0 Å². The lowest BCUT2D eigenvalue weighted by molar-refractivity contribution is -0.132. The zero-order valence-electron chi connectivity index (χ0n) is 12.0. The standard InChI is InChI=1S/C16H22N2O2/c1-13(16(20)18-11-7-2-3-8-12-18)17-15(19)14-9-5-4-6-10-14/h4-6,9-10,13H,2-3,7-8,11-12H2,1H3,(H,17,19)/t13-/m0/s1. The van der Waals surface area contributed by atoms with Crippen molar-refractivity contribution in [3.63, 3.8) is 0 Å². The molecule has 20 heavy (non-hydrogen) atoms. The Morgan fingerprint density at radius 2 is 1.65 bits per heavy atom. The maximum Gasteiger partial charge on any atom is 0.251 e. The number of hydrogen-bond donors (Lipinski definition) is 1. The van der Waals surface area contributed by atoms with E-state index in [1.54, 1.807) is 19.1 Å². The van der Waals surface area contributed by atoms with E-state index >= 15 is 0 Å². The lowest BCUT2D eigenvalue weighted by Gasteiger charge is -2.24. The van der Waals surface area contributed by atoms with Crippen LogP contribution < -0.4 is 5.32 Å². The molecule has 4 nitrogen and oxygen atoms in total. The van der Waals surface area contributed by atoms with Crippen molar-refractivity contribution >= 4 is 11.8 Å².